The highest BCUT2D eigenvalue weighted by molar-refractivity contribution is 6.36. The third-order valence-corrected chi connectivity index (χ3v) is 3.86. The van der Waals surface area contributed by atoms with Crippen LogP contribution in [0.25, 0.3) is 0 Å². The molecule has 0 aromatic heterocycles. The van der Waals surface area contributed by atoms with E-state index in [9.17, 15) is 9.59 Å². The molecule has 132 valence electrons. The number of carbonyl (C=O) groups is 2. The maximum Gasteiger partial charge on any atom is 0.243 e. The van der Waals surface area contributed by atoms with Crippen molar-refractivity contribution >= 4 is 52.1 Å². The predicted molar refractivity (Wildman–Crippen MR) is 103 cm³/mol. The molecule has 2 rings (SSSR count). The molecule has 0 aliphatic carbocycles. The second kappa shape index (κ2) is 8.74. The Morgan fingerprint density at radius 2 is 1.72 bits per heavy atom. The first kappa shape index (κ1) is 19.1. The van der Waals surface area contributed by atoms with Gasteiger partial charge >= 0.3 is 0 Å². The molecule has 0 saturated carbocycles. The van der Waals surface area contributed by atoms with Crippen LogP contribution >= 0.6 is 23.2 Å². The van der Waals surface area contributed by atoms with Gasteiger partial charge < -0.3 is 16.0 Å². The molecule has 2 aromatic rings. The smallest absolute Gasteiger partial charge is 0.243 e. The highest BCUT2D eigenvalue weighted by Crippen LogP contribution is 2.25. The minimum absolute atomic E-state index is 0.0561. The number of amides is 2. The van der Waals surface area contributed by atoms with Crippen LogP contribution in [-0.4, -0.2) is 18.4 Å². The molecule has 3 N–H and O–H groups in total. The molecule has 25 heavy (non-hydrogen) atoms. The lowest BCUT2D eigenvalue weighted by Gasteiger charge is -2.11. The molecule has 0 bridgehead atoms. The fourth-order valence-electron chi connectivity index (χ4n) is 1.96. The third kappa shape index (κ3) is 5.96. The van der Waals surface area contributed by atoms with Gasteiger partial charge in [0.15, 0.2) is 0 Å². The molecule has 7 heteroatoms. The van der Waals surface area contributed by atoms with E-state index in [1.165, 1.54) is 0 Å². The SMILES string of the molecule is CC(C)C(=O)Nc1cccc(NCC(=O)Nc2ccc(Cl)cc2Cl)c1. The topological polar surface area (TPSA) is 70.2 Å². The van der Waals surface area contributed by atoms with E-state index >= 15 is 0 Å². The van der Waals surface area contributed by atoms with Gasteiger partial charge in [-0.1, -0.05) is 43.1 Å². The fourth-order valence-corrected chi connectivity index (χ4v) is 2.42. The number of anilines is 3. The van der Waals surface area contributed by atoms with Crippen molar-refractivity contribution in [3.63, 3.8) is 0 Å². The Kier molecular flexibility index (Phi) is 6.67. The first-order valence-corrected chi connectivity index (χ1v) is 8.50. The number of halogens is 2. The van der Waals surface area contributed by atoms with Gasteiger partial charge in [0.25, 0.3) is 0 Å². The standard InChI is InChI=1S/C18H19Cl2N3O2/c1-11(2)18(25)22-14-5-3-4-13(9-14)21-10-17(24)23-16-7-6-12(19)8-15(16)20/h3-9,11,21H,10H2,1-2H3,(H,22,25)(H,23,24). The largest absolute Gasteiger partial charge is 0.376 e. The Balaban J connectivity index is 1.92. The van der Waals surface area contributed by atoms with Gasteiger partial charge in [0, 0.05) is 22.3 Å². The van der Waals surface area contributed by atoms with Gasteiger partial charge in [0.2, 0.25) is 11.8 Å². The van der Waals surface area contributed by atoms with E-state index in [4.69, 9.17) is 23.2 Å². The lowest BCUT2D eigenvalue weighted by molar-refractivity contribution is -0.119. The van der Waals surface area contributed by atoms with E-state index in [1.807, 2.05) is 19.9 Å². The van der Waals surface area contributed by atoms with Crippen molar-refractivity contribution < 1.29 is 9.59 Å². The van der Waals surface area contributed by atoms with Crippen LogP contribution in [0, 0.1) is 5.92 Å². The second-order valence-corrected chi connectivity index (χ2v) is 6.59. The Morgan fingerprint density at radius 1 is 1.00 bits per heavy atom. The van der Waals surface area contributed by atoms with Crippen molar-refractivity contribution in [2.24, 2.45) is 5.92 Å². The first-order valence-electron chi connectivity index (χ1n) is 7.75. The van der Waals surface area contributed by atoms with E-state index in [1.54, 1.807) is 36.4 Å². The Bertz CT molecular complexity index is 779. The predicted octanol–water partition coefficient (Wildman–Crippen LogP) is 4.64. The number of carbonyl (C=O) groups excluding carboxylic acids is 2. The van der Waals surface area contributed by atoms with Crippen molar-refractivity contribution in [1.82, 2.24) is 0 Å². The summed E-state index contributed by atoms with van der Waals surface area (Å²) in [4.78, 5) is 23.8. The van der Waals surface area contributed by atoms with Crippen LogP contribution in [0.1, 0.15) is 13.8 Å². The summed E-state index contributed by atoms with van der Waals surface area (Å²) < 4.78 is 0. The van der Waals surface area contributed by atoms with Crippen LogP contribution in [0.3, 0.4) is 0 Å². The molecule has 0 radical (unpaired) electrons. The van der Waals surface area contributed by atoms with E-state index in [0.29, 0.717) is 21.4 Å². The molecule has 0 unspecified atom stereocenters. The van der Waals surface area contributed by atoms with Crippen LogP contribution in [-0.2, 0) is 9.59 Å². The summed E-state index contributed by atoms with van der Waals surface area (Å²) in [7, 11) is 0. The van der Waals surface area contributed by atoms with Gasteiger partial charge in [-0.05, 0) is 36.4 Å². The van der Waals surface area contributed by atoms with Gasteiger partial charge in [-0.2, -0.15) is 0 Å². The Hall–Kier alpha value is -2.24. The summed E-state index contributed by atoms with van der Waals surface area (Å²) in [6.07, 6.45) is 0. The fraction of sp³-hybridized carbons (Fsp3) is 0.222. The lowest BCUT2D eigenvalue weighted by atomic mass is 10.2. The van der Waals surface area contributed by atoms with Gasteiger partial charge in [-0.25, -0.2) is 0 Å². The average Bonchev–Trinajstić information content (AvgIpc) is 2.56. The van der Waals surface area contributed by atoms with Crippen molar-refractivity contribution in [3.8, 4) is 0 Å². The van der Waals surface area contributed by atoms with Crippen LogP contribution in [0.5, 0.6) is 0 Å². The number of rotatable bonds is 6. The molecule has 0 heterocycles. The minimum atomic E-state index is -0.249. The van der Waals surface area contributed by atoms with Crippen molar-refractivity contribution in [1.29, 1.82) is 0 Å². The molecular weight excluding hydrogens is 361 g/mol. The highest BCUT2D eigenvalue weighted by atomic mass is 35.5. The van der Waals surface area contributed by atoms with Gasteiger partial charge in [-0.3, -0.25) is 9.59 Å². The second-order valence-electron chi connectivity index (χ2n) is 5.75. The lowest BCUT2D eigenvalue weighted by Crippen LogP contribution is -2.22. The Labute approximate surface area is 156 Å². The average molecular weight is 380 g/mol. The third-order valence-electron chi connectivity index (χ3n) is 3.31. The molecule has 0 saturated heterocycles. The number of hydrogen-bond donors (Lipinski definition) is 3. The molecule has 2 amide bonds. The zero-order valence-corrected chi connectivity index (χ0v) is 15.4. The van der Waals surface area contributed by atoms with Gasteiger partial charge in [0.1, 0.15) is 0 Å². The minimum Gasteiger partial charge on any atom is -0.376 e. The zero-order chi connectivity index (χ0) is 18.4. The highest BCUT2D eigenvalue weighted by Gasteiger charge is 2.09. The molecular formula is C18H19Cl2N3O2. The van der Waals surface area contributed by atoms with Crippen molar-refractivity contribution in [3.05, 3.63) is 52.5 Å². The van der Waals surface area contributed by atoms with Crippen molar-refractivity contribution in [2.45, 2.75) is 13.8 Å². The molecule has 2 aromatic carbocycles. The van der Waals surface area contributed by atoms with Crippen LogP contribution in [0.4, 0.5) is 17.1 Å². The molecule has 0 spiro atoms. The maximum absolute atomic E-state index is 12.0. The normalized spacial score (nSPS) is 10.4. The number of hydrogen-bond acceptors (Lipinski definition) is 3. The van der Waals surface area contributed by atoms with Gasteiger partial charge in [-0.15, -0.1) is 0 Å². The molecule has 0 aliphatic heterocycles. The van der Waals surface area contributed by atoms with Crippen molar-refractivity contribution in [2.75, 3.05) is 22.5 Å². The Morgan fingerprint density at radius 3 is 2.40 bits per heavy atom. The monoisotopic (exact) mass is 379 g/mol. The van der Waals surface area contributed by atoms with Crippen LogP contribution < -0.4 is 16.0 Å². The maximum atomic E-state index is 12.0. The van der Waals surface area contributed by atoms with E-state index < -0.39 is 0 Å². The number of benzene rings is 2. The van der Waals surface area contributed by atoms with E-state index in [0.717, 1.165) is 5.69 Å². The zero-order valence-electron chi connectivity index (χ0n) is 13.9. The van der Waals surface area contributed by atoms with E-state index in [2.05, 4.69) is 16.0 Å². The number of nitrogens with one attached hydrogen (secondary N) is 3. The summed E-state index contributed by atoms with van der Waals surface area (Å²) >= 11 is 11.9. The summed E-state index contributed by atoms with van der Waals surface area (Å²) in [5, 5.41) is 9.40. The molecule has 0 aliphatic rings. The summed E-state index contributed by atoms with van der Waals surface area (Å²) in [6, 6.07) is 12.0. The van der Waals surface area contributed by atoms with E-state index in [-0.39, 0.29) is 24.3 Å². The molecule has 0 fully saturated rings. The summed E-state index contributed by atoms with van der Waals surface area (Å²) in [5.41, 5.74) is 1.89. The quantitative estimate of drug-likeness (QED) is 0.684. The summed E-state index contributed by atoms with van der Waals surface area (Å²) in [6.45, 7) is 3.70. The van der Waals surface area contributed by atoms with Crippen LogP contribution in [0.2, 0.25) is 10.0 Å². The summed E-state index contributed by atoms with van der Waals surface area (Å²) in [5.74, 6) is -0.417. The van der Waals surface area contributed by atoms with Gasteiger partial charge in [0.05, 0.1) is 17.3 Å². The first-order chi connectivity index (χ1) is 11.8. The molecule has 5 nitrogen and oxygen atoms in total. The van der Waals surface area contributed by atoms with Crippen LogP contribution in [0.15, 0.2) is 42.5 Å². The molecule has 0 atom stereocenters.